The Labute approximate surface area is 130 Å². The molecule has 0 atom stereocenters. The number of amides is 1. The van der Waals surface area contributed by atoms with E-state index in [1.54, 1.807) is 0 Å². The average molecular weight is 321 g/mol. The van der Waals surface area contributed by atoms with Gasteiger partial charge in [-0.1, -0.05) is 11.6 Å². The highest BCUT2D eigenvalue weighted by molar-refractivity contribution is 6.33. The fourth-order valence-corrected chi connectivity index (χ4v) is 1.86. The van der Waals surface area contributed by atoms with Crippen LogP contribution in [0.25, 0.3) is 6.08 Å². The molecule has 0 saturated carbocycles. The lowest BCUT2D eigenvalue weighted by atomic mass is 10.2. The predicted octanol–water partition coefficient (Wildman–Crippen LogP) is 4.04. The summed E-state index contributed by atoms with van der Waals surface area (Å²) in [6.45, 7) is 0. The summed E-state index contributed by atoms with van der Waals surface area (Å²) in [5.41, 5.74) is 0.895. The van der Waals surface area contributed by atoms with E-state index in [2.05, 4.69) is 5.32 Å². The van der Waals surface area contributed by atoms with Gasteiger partial charge in [0.05, 0.1) is 15.6 Å². The first-order valence-electron chi connectivity index (χ1n) is 6.14. The second kappa shape index (κ2) is 6.82. The molecule has 0 aromatic heterocycles. The lowest BCUT2D eigenvalue weighted by Crippen LogP contribution is -2.08. The van der Waals surface area contributed by atoms with Gasteiger partial charge in [0, 0.05) is 18.2 Å². The number of carbonyl (C=O) groups excluding carboxylic acids is 1. The van der Waals surface area contributed by atoms with Crippen LogP contribution in [0.1, 0.15) is 5.56 Å². The quantitative estimate of drug-likeness (QED) is 0.525. The van der Waals surface area contributed by atoms with Gasteiger partial charge in [-0.15, -0.1) is 0 Å². The zero-order valence-electron chi connectivity index (χ0n) is 11.1. The van der Waals surface area contributed by atoms with Crippen molar-refractivity contribution >= 4 is 35.0 Å². The number of hydrogen-bond acceptors (Lipinski definition) is 3. The maximum Gasteiger partial charge on any atom is 0.269 e. The lowest BCUT2D eigenvalue weighted by molar-refractivity contribution is -0.384. The first-order valence-corrected chi connectivity index (χ1v) is 6.52. The van der Waals surface area contributed by atoms with Crippen molar-refractivity contribution in [3.63, 3.8) is 0 Å². The smallest absolute Gasteiger partial charge is 0.269 e. The summed E-state index contributed by atoms with van der Waals surface area (Å²) in [7, 11) is 0. The van der Waals surface area contributed by atoms with Gasteiger partial charge in [0.1, 0.15) is 5.82 Å². The molecule has 1 amide bonds. The van der Waals surface area contributed by atoms with E-state index < -0.39 is 16.6 Å². The van der Waals surface area contributed by atoms with E-state index in [1.807, 2.05) is 0 Å². The van der Waals surface area contributed by atoms with Gasteiger partial charge in [0.25, 0.3) is 5.69 Å². The monoisotopic (exact) mass is 320 g/mol. The number of non-ortho nitro benzene ring substituents is 1. The lowest BCUT2D eigenvalue weighted by Gasteiger charge is -2.04. The van der Waals surface area contributed by atoms with E-state index in [9.17, 15) is 19.3 Å². The molecule has 0 fully saturated rings. The van der Waals surface area contributed by atoms with Gasteiger partial charge < -0.3 is 5.32 Å². The molecular formula is C15H10ClFN2O3. The summed E-state index contributed by atoms with van der Waals surface area (Å²) in [5.74, 6) is -0.948. The normalized spacial score (nSPS) is 10.6. The van der Waals surface area contributed by atoms with Crippen LogP contribution in [0.3, 0.4) is 0 Å². The minimum Gasteiger partial charge on any atom is -0.321 e. The van der Waals surface area contributed by atoms with Gasteiger partial charge in [0.2, 0.25) is 5.91 Å². The topological polar surface area (TPSA) is 72.2 Å². The number of benzene rings is 2. The molecule has 2 rings (SSSR count). The van der Waals surface area contributed by atoms with E-state index in [0.29, 0.717) is 11.3 Å². The highest BCUT2D eigenvalue weighted by Gasteiger charge is 2.05. The summed E-state index contributed by atoms with van der Waals surface area (Å²) < 4.78 is 12.9. The van der Waals surface area contributed by atoms with Crippen molar-refractivity contribution in [2.24, 2.45) is 0 Å². The second-order valence-corrected chi connectivity index (χ2v) is 4.70. The van der Waals surface area contributed by atoms with Crippen LogP contribution < -0.4 is 5.32 Å². The predicted molar refractivity (Wildman–Crippen MR) is 82.2 cm³/mol. The molecule has 0 aliphatic rings. The van der Waals surface area contributed by atoms with Crippen LogP contribution in [0.4, 0.5) is 15.8 Å². The molecule has 0 radical (unpaired) electrons. The Morgan fingerprint density at radius 2 is 1.91 bits per heavy atom. The summed E-state index contributed by atoms with van der Waals surface area (Å²) in [6, 6.07) is 9.36. The van der Waals surface area contributed by atoms with Crippen molar-refractivity contribution in [1.29, 1.82) is 0 Å². The summed E-state index contributed by atoms with van der Waals surface area (Å²) in [6.07, 6.45) is 2.75. The van der Waals surface area contributed by atoms with Crippen molar-refractivity contribution in [1.82, 2.24) is 0 Å². The molecule has 2 aromatic carbocycles. The molecule has 5 nitrogen and oxygen atoms in total. The Bertz CT molecular complexity index is 745. The Balaban J connectivity index is 2.03. The van der Waals surface area contributed by atoms with Crippen LogP contribution in [0.5, 0.6) is 0 Å². The minimum atomic E-state index is -0.503. The molecule has 0 bridgehead atoms. The van der Waals surface area contributed by atoms with Crippen molar-refractivity contribution < 1.29 is 14.1 Å². The fourth-order valence-electron chi connectivity index (χ4n) is 1.64. The highest BCUT2D eigenvalue weighted by atomic mass is 35.5. The molecule has 0 heterocycles. The molecule has 0 spiro atoms. The molecule has 0 saturated heterocycles. The third-order valence-electron chi connectivity index (χ3n) is 2.72. The zero-order valence-corrected chi connectivity index (χ0v) is 11.9. The number of nitrogens with one attached hydrogen (secondary N) is 1. The van der Waals surface area contributed by atoms with E-state index in [1.165, 1.54) is 48.6 Å². The largest absolute Gasteiger partial charge is 0.321 e. The summed E-state index contributed by atoms with van der Waals surface area (Å²) in [5, 5.41) is 13.1. The Hall–Kier alpha value is -2.73. The van der Waals surface area contributed by atoms with E-state index in [-0.39, 0.29) is 10.7 Å². The molecule has 0 aliphatic carbocycles. The van der Waals surface area contributed by atoms with Gasteiger partial charge >= 0.3 is 0 Å². The van der Waals surface area contributed by atoms with Crippen molar-refractivity contribution in [2.75, 3.05) is 5.32 Å². The third-order valence-corrected chi connectivity index (χ3v) is 3.03. The average Bonchev–Trinajstić information content (AvgIpc) is 2.48. The highest BCUT2D eigenvalue weighted by Crippen LogP contribution is 2.22. The number of nitro groups is 1. The third kappa shape index (κ3) is 4.13. The van der Waals surface area contributed by atoms with Crippen LogP contribution in [0.2, 0.25) is 5.02 Å². The SMILES string of the molecule is O=C(/C=C/c1ccc([N+](=O)[O-])cc1)Nc1ccc(F)cc1Cl. The number of carbonyl (C=O) groups is 1. The molecular weight excluding hydrogens is 311 g/mol. The van der Waals surface area contributed by atoms with Gasteiger partial charge in [-0.05, 0) is 42.0 Å². The second-order valence-electron chi connectivity index (χ2n) is 4.30. The molecule has 0 unspecified atom stereocenters. The van der Waals surface area contributed by atoms with Crippen LogP contribution in [0.15, 0.2) is 48.5 Å². The van der Waals surface area contributed by atoms with Crippen molar-refractivity contribution in [3.05, 3.63) is 75.1 Å². The Kier molecular flexibility index (Phi) is 4.85. The number of nitro benzene ring substituents is 1. The molecule has 2 aromatic rings. The maximum absolute atomic E-state index is 12.9. The number of halogens is 2. The first-order chi connectivity index (χ1) is 10.5. The van der Waals surface area contributed by atoms with Crippen LogP contribution in [-0.2, 0) is 4.79 Å². The number of rotatable bonds is 4. The van der Waals surface area contributed by atoms with Crippen molar-refractivity contribution in [2.45, 2.75) is 0 Å². The fraction of sp³-hybridized carbons (Fsp3) is 0. The zero-order chi connectivity index (χ0) is 16.1. The van der Waals surface area contributed by atoms with Crippen LogP contribution in [0, 0.1) is 15.9 Å². The minimum absolute atomic E-state index is 0.0281. The van der Waals surface area contributed by atoms with Crippen LogP contribution in [-0.4, -0.2) is 10.8 Å². The number of anilines is 1. The van der Waals surface area contributed by atoms with E-state index >= 15 is 0 Å². The number of hydrogen-bond donors (Lipinski definition) is 1. The molecule has 7 heteroatoms. The first kappa shape index (κ1) is 15.7. The molecule has 22 heavy (non-hydrogen) atoms. The van der Waals surface area contributed by atoms with Crippen molar-refractivity contribution in [3.8, 4) is 0 Å². The van der Waals surface area contributed by atoms with E-state index in [0.717, 1.165) is 6.07 Å². The maximum atomic E-state index is 12.9. The van der Waals surface area contributed by atoms with Gasteiger partial charge in [-0.2, -0.15) is 0 Å². The van der Waals surface area contributed by atoms with E-state index in [4.69, 9.17) is 11.6 Å². The van der Waals surface area contributed by atoms with Gasteiger partial charge in [-0.25, -0.2) is 4.39 Å². The molecule has 0 aliphatic heterocycles. The van der Waals surface area contributed by atoms with Gasteiger partial charge in [-0.3, -0.25) is 14.9 Å². The molecule has 112 valence electrons. The summed E-state index contributed by atoms with van der Waals surface area (Å²) in [4.78, 5) is 21.8. The standard InChI is InChI=1S/C15H10ClFN2O3/c16-13-9-11(17)4-7-14(13)18-15(20)8-3-10-1-5-12(6-2-10)19(21)22/h1-9H,(H,18,20)/b8-3+. The number of nitrogens with zero attached hydrogens (tertiary/aromatic N) is 1. The Morgan fingerprint density at radius 1 is 1.23 bits per heavy atom. The van der Waals surface area contributed by atoms with Gasteiger partial charge in [0.15, 0.2) is 0 Å². The Morgan fingerprint density at radius 3 is 2.50 bits per heavy atom. The summed E-state index contributed by atoms with van der Waals surface area (Å²) >= 11 is 5.80. The van der Waals surface area contributed by atoms with Crippen LogP contribution >= 0.6 is 11.6 Å². The molecule has 1 N–H and O–H groups in total.